The monoisotopic (exact) mass is 1640 g/mol. The van der Waals surface area contributed by atoms with Crippen molar-refractivity contribution in [2.75, 3.05) is 95.0 Å². The number of hydrogen-bond acceptors (Lipinski definition) is 21. The van der Waals surface area contributed by atoms with Gasteiger partial charge in [-0.3, -0.25) is 47.7 Å². The maximum atomic E-state index is 18.0. The number of ether oxygens (including phenoxy) is 7. The summed E-state index contributed by atoms with van der Waals surface area (Å²) in [5, 5.41) is 32.6. The van der Waals surface area contributed by atoms with Crippen LogP contribution >= 0.6 is 0 Å². The van der Waals surface area contributed by atoms with Crippen LogP contribution in [0.15, 0.2) is 96.6 Å². The molecule has 32 nitrogen and oxygen atoms in total. The molecule has 4 fully saturated rings. The first kappa shape index (κ1) is 90.5. The number of alkyl halides is 2. The Morgan fingerprint density at radius 3 is 2.03 bits per heavy atom. The number of allylic oxidation sites excluding steroid dienone is 4. The second kappa shape index (κ2) is 41.6. The molecule has 3 aromatic rings. The number of halogens is 2. The van der Waals surface area contributed by atoms with Crippen molar-refractivity contribution < 1.29 is 113 Å². The highest BCUT2D eigenvalue weighted by molar-refractivity contribution is 7.85. The number of aliphatic hydroxyl groups excluding tert-OH is 1. The number of aliphatic hydroxyl groups is 1. The van der Waals surface area contributed by atoms with Crippen molar-refractivity contribution in [2.24, 2.45) is 34.3 Å². The largest absolute Gasteiger partial charge is 0.445 e. The number of ketones is 2. The number of anilines is 2. The van der Waals surface area contributed by atoms with E-state index in [9.17, 15) is 66.3 Å². The number of carbonyl (C=O) groups is 11. The third-order valence-electron chi connectivity index (χ3n) is 22.3. The van der Waals surface area contributed by atoms with Crippen molar-refractivity contribution in [1.29, 1.82) is 0 Å². The smallest absolute Gasteiger partial charge is 0.407 e. The standard InChI is InChI=1S/C81H108F2N10O22S/c1-6-12-71-114-66-45-57-58-44-60(82)59-43-56(94)28-30-78(59,4)80(58,83)64(95)46-79(57,5)81(66,115-71)65(96)47-88-77(105)113-49-51-18-22-55(23-19-51)89-73(101)61(16-11-31-87-76(84)104)91-75(103)72(50(2)3)92-74(102)62(24-25-67(97)86-33-42-116(106,107)108)90-69(99)29-34-109-36-38-111-40-41-112-39-37-110-35-32-85-68(98)26-27-70(100)93-48-54-15-8-7-13-52(54)20-21-53-14-9-10-17-63(53)93/h7-10,13-15,17-23,28,30,43,50,57-58,60-62,64,66,71-72,95H,6,11-12,16,24-27,29,31-42,44-49H2,1-5H3,(H,85,98)(H,86,97)(H,88,105)(H,89,101)(H,90,99)(H,91,103)(H,92,102)(H3,84,87,104)(H,106,107,108)/b21-20-/t57-,58-,60-,61-,62+,64-,66+,71?,72-,78-,79-,80-,81+/m0/s1. The van der Waals surface area contributed by atoms with Crippen molar-refractivity contribution >= 4 is 98.7 Å². The molecule has 35 heteroatoms. The fraction of sp³-hybridized carbons (Fsp3) is 0.568. The van der Waals surface area contributed by atoms with Crippen LogP contribution in [0.1, 0.15) is 134 Å². The van der Waals surface area contributed by atoms with Crippen LogP contribution in [0.3, 0.4) is 0 Å². The number of primary amides is 1. The fourth-order valence-electron chi connectivity index (χ4n) is 16.3. The predicted molar refractivity (Wildman–Crippen MR) is 419 cm³/mol. The van der Waals surface area contributed by atoms with Gasteiger partial charge in [0.1, 0.15) is 30.9 Å². The predicted octanol–water partition coefficient (Wildman–Crippen LogP) is 5.04. The van der Waals surface area contributed by atoms with Gasteiger partial charge in [0.25, 0.3) is 10.1 Å². The number of fused-ring (bicyclic) bond motifs is 9. The average Bonchev–Trinajstić information content (AvgIpc) is 1.45. The number of alkyl carbamates (subject to hydrolysis) is 1. The number of nitrogens with two attached hydrogens (primary N) is 1. The SMILES string of the molecule is CCCC1O[C@@H]2C[C@H]3[C@@H]4C[C@H](F)C5=CC(=O)C=C[C@]5(C)[C@@]4(F)[C@@H](O)C[C@]3(C)[C@]2(C(=O)CNC(=O)OCc2ccc(NC(=O)[C@H](CCCNC(N)=O)NC(=O)[C@@H](NC(=O)[C@@H](CCC(=O)NCCS(=O)(=O)O)NC(=O)CCOCCOCCOCCOCCNC(=O)CCC(=O)N3Cc4ccccc4/C=C\c4ccccc43)C(C)C)cc2)O1. The van der Waals surface area contributed by atoms with Gasteiger partial charge in [0, 0.05) is 67.8 Å². The summed E-state index contributed by atoms with van der Waals surface area (Å²) in [7, 11) is -4.43. The lowest BCUT2D eigenvalue weighted by molar-refractivity contribution is -0.233. The van der Waals surface area contributed by atoms with Crippen LogP contribution in [0.2, 0.25) is 0 Å². The normalized spacial score (nSPS) is 24.6. The van der Waals surface area contributed by atoms with E-state index in [1.165, 1.54) is 43.3 Å². The maximum Gasteiger partial charge on any atom is 0.407 e. The molecule has 9 rings (SSSR count). The molecule has 0 bridgehead atoms. The summed E-state index contributed by atoms with van der Waals surface area (Å²) in [5.74, 6) is -8.76. The highest BCUT2D eigenvalue weighted by Gasteiger charge is 2.80. The zero-order valence-corrected chi connectivity index (χ0v) is 66.7. The third-order valence-corrected chi connectivity index (χ3v) is 23.0. The molecule has 3 aromatic carbocycles. The molecule has 12 N–H and O–H groups in total. The number of rotatable bonds is 43. The summed E-state index contributed by atoms with van der Waals surface area (Å²) < 4.78 is 107. The van der Waals surface area contributed by atoms with Gasteiger partial charge in [-0.2, -0.15) is 8.42 Å². The Bertz CT molecular complexity index is 4230. The molecule has 2 heterocycles. The van der Waals surface area contributed by atoms with Crippen molar-refractivity contribution in [2.45, 2.75) is 179 Å². The van der Waals surface area contributed by atoms with Crippen molar-refractivity contribution in [3.63, 3.8) is 0 Å². The Kier molecular flexibility index (Phi) is 32.4. The topological polar surface area (TPSA) is 452 Å². The Balaban J connectivity index is 0.696. The van der Waals surface area contributed by atoms with Gasteiger partial charge in [0.2, 0.25) is 41.4 Å². The molecule has 3 saturated carbocycles. The lowest BCUT2D eigenvalue weighted by Gasteiger charge is -2.63. The summed E-state index contributed by atoms with van der Waals surface area (Å²) in [5.41, 5.74) is 2.41. The molecular weight excluding hydrogens is 1540 g/mol. The number of benzene rings is 3. The van der Waals surface area contributed by atoms with E-state index in [2.05, 4.69) is 42.5 Å². The first-order valence-corrected chi connectivity index (χ1v) is 40.9. The molecule has 116 heavy (non-hydrogen) atoms. The third kappa shape index (κ3) is 23.0. The number of para-hydroxylation sites is 1. The van der Waals surface area contributed by atoms with E-state index in [0.29, 0.717) is 24.9 Å². The van der Waals surface area contributed by atoms with E-state index in [1.807, 2.05) is 67.6 Å². The molecule has 0 radical (unpaired) electrons. The zero-order chi connectivity index (χ0) is 84.0. The summed E-state index contributed by atoms with van der Waals surface area (Å²) in [6, 6.07) is 16.5. The van der Waals surface area contributed by atoms with Gasteiger partial charge in [-0.05, 0) is 122 Å². The van der Waals surface area contributed by atoms with Crippen molar-refractivity contribution in [3.05, 3.63) is 119 Å². The van der Waals surface area contributed by atoms with E-state index in [1.54, 1.807) is 25.7 Å². The molecule has 6 aliphatic rings. The van der Waals surface area contributed by atoms with Gasteiger partial charge in [-0.1, -0.05) is 107 Å². The highest BCUT2D eigenvalue weighted by atomic mass is 32.2. The lowest BCUT2D eigenvalue weighted by Crippen LogP contribution is -2.71. The number of Topliss-reactive ketones (excluding diaryl/α,β-unsaturated/α-hetero) is 1. The molecule has 13 atom stereocenters. The van der Waals surface area contributed by atoms with Crippen LogP contribution in [-0.2, 0) is 99.6 Å². The van der Waals surface area contributed by atoms with E-state index in [0.717, 1.165) is 28.5 Å². The number of carbonyl (C=O) groups excluding carboxylic acids is 11. The molecule has 634 valence electrons. The van der Waals surface area contributed by atoms with Crippen LogP contribution in [-0.4, -0.2) is 222 Å². The zero-order valence-electron chi connectivity index (χ0n) is 65.9. The first-order valence-electron chi connectivity index (χ1n) is 39.3. The van der Waals surface area contributed by atoms with Crippen molar-refractivity contribution in [1.82, 2.24) is 37.2 Å². The Morgan fingerprint density at radius 2 is 1.34 bits per heavy atom. The Hall–Kier alpha value is -9.46. The Labute approximate surface area is 672 Å². The van der Waals surface area contributed by atoms with Crippen LogP contribution in [0, 0.1) is 28.6 Å². The number of nitrogens with one attached hydrogen (secondary N) is 8. The van der Waals surface area contributed by atoms with Gasteiger partial charge in [0.05, 0.1) is 89.6 Å². The molecule has 1 saturated heterocycles. The molecule has 0 aromatic heterocycles. The second-order valence-corrected chi connectivity index (χ2v) is 32.0. The van der Waals surface area contributed by atoms with Gasteiger partial charge in [-0.25, -0.2) is 18.4 Å². The van der Waals surface area contributed by atoms with Gasteiger partial charge < -0.3 is 91.4 Å². The maximum absolute atomic E-state index is 18.0. The highest BCUT2D eigenvalue weighted by Crippen LogP contribution is 2.72. The van der Waals surface area contributed by atoms with Gasteiger partial charge in [-0.15, -0.1) is 0 Å². The molecule has 10 amide bonds. The van der Waals surface area contributed by atoms with E-state index in [-0.39, 0.29) is 153 Å². The molecule has 4 aliphatic carbocycles. The van der Waals surface area contributed by atoms with E-state index in [4.69, 9.17) is 43.4 Å². The minimum Gasteiger partial charge on any atom is -0.445 e. The summed E-state index contributed by atoms with van der Waals surface area (Å²) >= 11 is 0. The first-order chi connectivity index (χ1) is 55.3. The minimum atomic E-state index is -4.43. The number of hydrogen-bond donors (Lipinski definition) is 11. The van der Waals surface area contributed by atoms with E-state index < -0.39 is 171 Å². The minimum absolute atomic E-state index is 0.00109. The van der Waals surface area contributed by atoms with Crippen LogP contribution < -0.4 is 53.2 Å². The van der Waals surface area contributed by atoms with Gasteiger partial charge in [0.15, 0.2) is 29.1 Å². The summed E-state index contributed by atoms with van der Waals surface area (Å²) in [6.45, 7) is 8.71. The summed E-state index contributed by atoms with van der Waals surface area (Å²) in [6.07, 6.45) is 0.934. The van der Waals surface area contributed by atoms with Gasteiger partial charge >= 0.3 is 12.1 Å². The second-order valence-electron chi connectivity index (χ2n) is 30.5. The number of urea groups is 1. The summed E-state index contributed by atoms with van der Waals surface area (Å²) in [4.78, 5) is 149. The van der Waals surface area contributed by atoms with Crippen LogP contribution in [0.25, 0.3) is 12.2 Å². The van der Waals surface area contributed by atoms with Crippen LogP contribution in [0.4, 0.5) is 29.7 Å². The lowest BCUT2D eigenvalue weighted by atomic mass is 9.44. The number of amides is 10. The van der Waals surface area contributed by atoms with Crippen molar-refractivity contribution in [3.8, 4) is 0 Å². The molecule has 2 aliphatic heterocycles. The van der Waals surface area contributed by atoms with Crippen LogP contribution in [0.5, 0.6) is 0 Å². The average molecular weight is 1640 g/mol. The van der Waals surface area contributed by atoms with E-state index >= 15 is 8.78 Å². The molecule has 0 spiro atoms. The Morgan fingerprint density at radius 1 is 0.698 bits per heavy atom. The molecule has 1 unspecified atom stereocenters. The molecular formula is C81H108F2N10O22S. The quantitative estimate of drug-likeness (QED) is 0.0261. The fourth-order valence-corrected chi connectivity index (χ4v) is 16.7. The number of nitrogens with zero attached hydrogens (tertiary/aromatic N) is 1.